The van der Waals surface area contributed by atoms with E-state index in [1.54, 1.807) is 0 Å². The number of aromatic nitrogens is 2. The van der Waals surface area contributed by atoms with Gasteiger partial charge >= 0.3 is 0 Å². The van der Waals surface area contributed by atoms with Gasteiger partial charge in [0.2, 0.25) is 0 Å². The second-order valence-electron chi connectivity index (χ2n) is 6.04. The Labute approximate surface area is 110 Å². The van der Waals surface area contributed by atoms with E-state index in [-0.39, 0.29) is 0 Å². The molecule has 2 unspecified atom stereocenters. The minimum Gasteiger partial charge on any atom is -0.329 e. The number of rotatable bonds is 3. The van der Waals surface area contributed by atoms with Crippen LogP contribution in [0.3, 0.4) is 0 Å². The van der Waals surface area contributed by atoms with Crippen LogP contribution in [0.2, 0.25) is 0 Å². The zero-order valence-electron chi connectivity index (χ0n) is 11.7. The third-order valence-electron chi connectivity index (χ3n) is 4.50. The Morgan fingerprint density at radius 1 is 1.39 bits per heavy atom. The van der Waals surface area contributed by atoms with Crippen LogP contribution in [-0.4, -0.2) is 16.1 Å². The molecule has 1 saturated carbocycles. The molecule has 2 heterocycles. The molecule has 0 spiro atoms. The molecule has 18 heavy (non-hydrogen) atoms. The Bertz CT molecular complexity index is 422. The molecule has 3 rings (SSSR count). The average molecular weight is 247 g/mol. The molecule has 100 valence electrons. The number of nitrogens with one attached hydrogen (secondary N) is 1. The summed E-state index contributed by atoms with van der Waals surface area (Å²) < 4.78 is 2.63. The van der Waals surface area contributed by atoms with E-state index in [0.717, 1.165) is 37.9 Å². The zero-order chi connectivity index (χ0) is 12.5. The normalized spacial score (nSPS) is 27.4. The van der Waals surface area contributed by atoms with Gasteiger partial charge in [-0.25, -0.2) is 4.98 Å². The van der Waals surface area contributed by atoms with Gasteiger partial charge < -0.3 is 9.88 Å². The molecule has 2 atom stereocenters. The van der Waals surface area contributed by atoms with Crippen molar-refractivity contribution in [3.05, 3.63) is 17.2 Å². The van der Waals surface area contributed by atoms with Gasteiger partial charge in [-0.2, -0.15) is 0 Å². The third kappa shape index (κ3) is 2.09. The summed E-state index contributed by atoms with van der Waals surface area (Å²) in [4.78, 5) is 4.91. The molecule has 1 aliphatic heterocycles. The summed E-state index contributed by atoms with van der Waals surface area (Å²) in [5.74, 6) is 2.24. The molecular weight excluding hydrogens is 222 g/mol. The second-order valence-corrected chi connectivity index (χ2v) is 6.04. The number of hydrogen-bond acceptors (Lipinski definition) is 2. The van der Waals surface area contributed by atoms with Crippen molar-refractivity contribution in [2.75, 3.05) is 6.54 Å². The number of aryl methyl sites for hydroxylation is 1. The second kappa shape index (κ2) is 5.04. The van der Waals surface area contributed by atoms with Crippen LogP contribution in [0.4, 0.5) is 0 Å². The van der Waals surface area contributed by atoms with E-state index >= 15 is 0 Å². The Kier molecular flexibility index (Phi) is 3.42. The fourth-order valence-electron chi connectivity index (χ4n) is 3.63. The first kappa shape index (κ1) is 12.2. The van der Waals surface area contributed by atoms with E-state index in [0.29, 0.717) is 0 Å². The highest BCUT2D eigenvalue weighted by Gasteiger charge is 2.29. The maximum Gasteiger partial charge on any atom is 0.109 e. The summed E-state index contributed by atoms with van der Waals surface area (Å²) in [6.07, 6.45) is 7.60. The van der Waals surface area contributed by atoms with Gasteiger partial charge in [0.1, 0.15) is 5.82 Å². The van der Waals surface area contributed by atoms with E-state index in [9.17, 15) is 0 Å². The summed E-state index contributed by atoms with van der Waals surface area (Å²) >= 11 is 0. The molecule has 3 nitrogen and oxygen atoms in total. The molecular formula is C15H25N3. The van der Waals surface area contributed by atoms with Gasteiger partial charge in [-0.05, 0) is 31.6 Å². The van der Waals surface area contributed by atoms with Crippen molar-refractivity contribution in [1.82, 2.24) is 14.9 Å². The van der Waals surface area contributed by atoms with Crippen LogP contribution in [-0.2, 0) is 19.4 Å². The molecule has 0 aromatic carbocycles. The smallest absolute Gasteiger partial charge is 0.109 e. The van der Waals surface area contributed by atoms with Crippen molar-refractivity contribution in [3.8, 4) is 0 Å². The van der Waals surface area contributed by atoms with Crippen LogP contribution in [0.5, 0.6) is 0 Å². The lowest BCUT2D eigenvalue weighted by atomic mass is 10.1. The molecule has 1 N–H and O–H groups in total. The van der Waals surface area contributed by atoms with Crippen LogP contribution >= 0.6 is 0 Å². The van der Waals surface area contributed by atoms with Gasteiger partial charge in [0.25, 0.3) is 0 Å². The number of nitrogens with zero attached hydrogens (tertiary/aromatic N) is 2. The number of fused-ring (bicyclic) bond motifs is 1. The van der Waals surface area contributed by atoms with Crippen molar-refractivity contribution in [2.24, 2.45) is 5.92 Å². The Hall–Kier alpha value is -0.830. The maximum absolute atomic E-state index is 4.91. The monoisotopic (exact) mass is 247 g/mol. The SMILES string of the molecule is CCCc1nc2c(n1C1CCC(C)C1)CCNC2. The van der Waals surface area contributed by atoms with E-state index in [1.165, 1.54) is 42.9 Å². The molecule has 0 saturated heterocycles. The van der Waals surface area contributed by atoms with Crippen LogP contribution in [0, 0.1) is 5.92 Å². The zero-order valence-corrected chi connectivity index (χ0v) is 11.7. The van der Waals surface area contributed by atoms with Crippen molar-refractivity contribution in [2.45, 2.75) is 65.0 Å². The highest BCUT2D eigenvalue weighted by molar-refractivity contribution is 5.22. The van der Waals surface area contributed by atoms with E-state index in [4.69, 9.17) is 4.98 Å². The van der Waals surface area contributed by atoms with Crippen LogP contribution < -0.4 is 5.32 Å². The predicted molar refractivity (Wildman–Crippen MR) is 73.7 cm³/mol. The molecule has 0 bridgehead atoms. The first-order chi connectivity index (χ1) is 8.79. The molecule has 1 aliphatic carbocycles. The van der Waals surface area contributed by atoms with Crippen LogP contribution in [0.25, 0.3) is 0 Å². The van der Waals surface area contributed by atoms with Crippen LogP contribution in [0.15, 0.2) is 0 Å². The molecule has 0 radical (unpaired) electrons. The Morgan fingerprint density at radius 3 is 3.00 bits per heavy atom. The van der Waals surface area contributed by atoms with Gasteiger partial charge in [0, 0.05) is 37.7 Å². The minimum absolute atomic E-state index is 0.732. The number of imidazole rings is 1. The quantitative estimate of drug-likeness (QED) is 0.890. The van der Waals surface area contributed by atoms with Crippen molar-refractivity contribution in [3.63, 3.8) is 0 Å². The lowest BCUT2D eigenvalue weighted by Gasteiger charge is -2.21. The summed E-state index contributed by atoms with van der Waals surface area (Å²) in [7, 11) is 0. The van der Waals surface area contributed by atoms with Gasteiger partial charge in [0.15, 0.2) is 0 Å². The Balaban J connectivity index is 1.96. The predicted octanol–water partition coefficient (Wildman–Crippen LogP) is 2.84. The van der Waals surface area contributed by atoms with Gasteiger partial charge in [-0.15, -0.1) is 0 Å². The lowest BCUT2D eigenvalue weighted by Crippen LogP contribution is -2.26. The molecule has 1 aromatic heterocycles. The van der Waals surface area contributed by atoms with Crippen molar-refractivity contribution in [1.29, 1.82) is 0 Å². The summed E-state index contributed by atoms with van der Waals surface area (Å²) in [6.45, 7) is 6.74. The fraction of sp³-hybridized carbons (Fsp3) is 0.800. The summed E-state index contributed by atoms with van der Waals surface area (Å²) in [6, 6.07) is 0.732. The fourth-order valence-corrected chi connectivity index (χ4v) is 3.63. The topological polar surface area (TPSA) is 29.9 Å². The average Bonchev–Trinajstić information content (AvgIpc) is 2.92. The Morgan fingerprint density at radius 2 is 2.28 bits per heavy atom. The molecule has 0 amide bonds. The third-order valence-corrected chi connectivity index (χ3v) is 4.50. The van der Waals surface area contributed by atoms with Gasteiger partial charge in [-0.1, -0.05) is 13.8 Å². The highest BCUT2D eigenvalue weighted by atomic mass is 15.1. The van der Waals surface area contributed by atoms with E-state index in [1.807, 2.05) is 0 Å². The lowest BCUT2D eigenvalue weighted by molar-refractivity contribution is 0.454. The first-order valence-corrected chi connectivity index (χ1v) is 7.59. The van der Waals surface area contributed by atoms with Crippen molar-refractivity contribution < 1.29 is 0 Å². The largest absolute Gasteiger partial charge is 0.329 e. The molecule has 1 fully saturated rings. The highest BCUT2D eigenvalue weighted by Crippen LogP contribution is 2.37. The molecule has 1 aromatic rings. The summed E-state index contributed by atoms with van der Waals surface area (Å²) in [5.41, 5.74) is 2.86. The minimum atomic E-state index is 0.732. The maximum atomic E-state index is 4.91. The summed E-state index contributed by atoms with van der Waals surface area (Å²) in [5, 5.41) is 3.45. The van der Waals surface area contributed by atoms with Gasteiger partial charge in [0.05, 0.1) is 5.69 Å². The van der Waals surface area contributed by atoms with Gasteiger partial charge in [-0.3, -0.25) is 0 Å². The standard InChI is InChI=1S/C15H25N3/c1-3-4-15-17-13-10-16-8-7-14(13)18(15)12-6-5-11(2)9-12/h11-12,16H,3-10H2,1-2H3. The van der Waals surface area contributed by atoms with Crippen LogP contribution in [0.1, 0.15) is 62.8 Å². The van der Waals surface area contributed by atoms with E-state index < -0.39 is 0 Å². The molecule has 3 heteroatoms. The van der Waals surface area contributed by atoms with Crippen molar-refractivity contribution >= 4 is 0 Å². The first-order valence-electron chi connectivity index (χ1n) is 7.59. The van der Waals surface area contributed by atoms with E-state index in [2.05, 4.69) is 23.7 Å². The number of hydrogen-bond donors (Lipinski definition) is 1. The molecule has 2 aliphatic rings.